The molecule has 0 aliphatic rings. The Bertz CT molecular complexity index is 701. The first kappa shape index (κ1) is 23.7. The van der Waals surface area contributed by atoms with Crippen LogP contribution in [0.1, 0.15) is 5.56 Å². The van der Waals surface area contributed by atoms with Crippen molar-refractivity contribution in [3.05, 3.63) is 35.9 Å². The number of hydrogen-bond donors (Lipinski definition) is 4. The van der Waals surface area contributed by atoms with E-state index in [1.807, 2.05) is 30.3 Å². The zero-order valence-electron chi connectivity index (χ0n) is 15.3. The van der Waals surface area contributed by atoms with Gasteiger partial charge in [0.25, 0.3) is 0 Å². The highest BCUT2D eigenvalue weighted by Crippen LogP contribution is 2.00. The van der Waals surface area contributed by atoms with Crippen LogP contribution in [0.4, 0.5) is 4.79 Å². The molecule has 0 bridgehead atoms. The zero-order chi connectivity index (χ0) is 20.8. The van der Waals surface area contributed by atoms with Crippen molar-refractivity contribution in [1.29, 1.82) is 0 Å². The second kappa shape index (κ2) is 13.7. The quantitative estimate of drug-likeness (QED) is 0.308. The number of rotatable bonds is 10. The molecule has 1 rings (SSSR count). The molecule has 0 atom stereocenters. The van der Waals surface area contributed by atoms with E-state index in [0.29, 0.717) is 15.0 Å². The molecule has 1 aromatic rings. The lowest BCUT2D eigenvalue weighted by molar-refractivity contribution is -0.139. The van der Waals surface area contributed by atoms with Crippen LogP contribution >= 0.6 is 36.7 Å². The Morgan fingerprint density at radius 3 is 1.86 bits per heavy atom. The lowest BCUT2D eigenvalue weighted by Gasteiger charge is -2.13. The molecule has 0 spiro atoms. The lowest BCUT2D eigenvalue weighted by atomic mass is 10.2. The van der Waals surface area contributed by atoms with Gasteiger partial charge in [0.2, 0.25) is 0 Å². The second-order valence-corrected chi connectivity index (χ2v) is 6.80. The van der Waals surface area contributed by atoms with Crippen LogP contribution in [-0.4, -0.2) is 60.3 Å². The van der Waals surface area contributed by atoms with Crippen LogP contribution in [0.3, 0.4) is 0 Å². The van der Waals surface area contributed by atoms with Crippen molar-refractivity contribution in [3.63, 3.8) is 0 Å². The van der Waals surface area contributed by atoms with Gasteiger partial charge in [0.05, 0.1) is 41.7 Å². The lowest BCUT2D eigenvalue weighted by Crippen LogP contribution is -2.43. The fourth-order valence-electron chi connectivity index (χ4n) is 1.71. The summed E-state index contributed by atoms with van der Waals surface area (Å²) < 4.78 is 9.59. The molecule has 0 heterocycles. The Morgan fingerprint density at radius 1 is 0.821 bits per heavy atom. The van der Waals surface area contributed by atoms with Gasteiger partial charge in [0.15, 0.2) is 0 Å². The van der Waals surface area contributed by atoms with E-state index in [1.54, 1.807) is 0 Å². The summed E-state index contributed by atoms with van der Waals surface area (Å²) in [7, 11) is 1.30. The maximum absolute atomic E-state index is 11.7. The van der Waals surface area contributed by atoms with Gasteiger partial charge < -0.3 is 30.7 Å². The van der Waals surface area contributed by atoms with E-state index in [0.717, 1.165) is 5.56 Å². The SMILES string of the molecule is COC(=O)CNC(=S)CNC(=S)CNC(=S)CNC(=O)OCc1ccccc1. The van der Waals surface area contributed by atoms with E-state index in [1.165, 1.54) is 7.11 Å². The van der Waals surface area contributed by atoms with Crippen molar-refractivity contribution in [2.75, 3.05) is 33.3 Å². The summed E-state index contributed by atoms with van der Waals surface area (Å²) in [6.45, 7) is 0.881. The minimum Gasteiger partial charge on any atom is -0.468 e. The monoisotopic (exact) mass is 442 g/mol. The molecule has 0 aliphatic heterocycles. The number of methoxy groups -OCH3 is 1. The van der Waals surface area contributed by atoms with Gasteiger partial charge in [-0.05, 0) is 5.56 Å². The number of amides is 1. The van der Waals surface area contributed by atoms with E-state index in [-0.39, 0.29) is 32.8 Å². The maximum Gasteiger partial charge on any atom is 0.407 e. The Kier molecular flexibility index (Phi) is 11.6. The first-order valence-corrected chi connectivity index (χ1v) is 9.44. The number of alkyl carbamates (subject to hydrolysis) is 1. The molecule has 4 N–H and O–H groups in total. The second-order valence-electron chi connectivity index (χ2n) is 5.32. The molecule has 152 valence electrons. The van der Waals surface area contributed by atoms with Crippen LogP contribution < -0.4 is 21.3 Å². The number of esters is 1. The largest absolute Gasteiger partial charge is 0.468 e. The van der Waals surface area contributed by atoms with Gasteiger partial charge in [-0.2, -0.15) is 0 Å². The molecule has 0 saturated heterocycles. The topological polar surface area (TPSA) is 101 Å². The van der Waals surface area contributed by atoms with E-state index >= 15 is 0 Å². The van der Waals surface area contributed by atoms with Gasteiger partial charge in [-0.3, -0.25) is 4.79 Å². The number of benzene rings is 1. The fraction of sp³-hybridized carbons (Fsp3) is 0.353. The molecule has 8 nitrogen and oxygen atoms in total. The van der Waals surface area contributed by atoms with Crippen molar-refractivity contribution in [3.8, 4) is 0 Å². The number of carbonyl (C=O) groups is 2. The van der Waals surface area contributed by atoms with Crippen LogP contribution in [0.2, 0.25) is 0 Å². The number of hydrogen-bond acceptors (Lipinski definition) is 7. The first-order chi connectivity index (χ1) is 13.4. The minimum atomic E-state index is -0.560. The van der Waals surface area contributed by atoms with Gasteiger partial charge in [0, 0.05) is 0 Å². The van der Waals surface area contributed by atoms with Crippen LogP contribution in [-0.2, 0) is 20.9 Å². The summed E-state index contributed by atoms with van der Waals surface area (Å²) in [4.78, 5) is 24.0. The molecule has 0 aromatic heterocycles. The highest BCUT2D eigenvalue weighted by atomic mass is 32.1. The number of nitrogens with one attached hydrogen (secondary N) is 4. The Morgan fingerprint density at radius 2 is 1.32 bits per heavy atom. The standard InChI is InChI=1S/C17H22N4O4S3/c1-24-16(22)10-20-14(27)8-18-13(26)7-19-15(28)9-21-17(23)25-11-12-5-3-2-4-6-12/h2-6H,7-11H2,1H3,(H,18,26)(H,19,28)(H,20,27)(H,21,23). The smallest absolute Gasteiger partial charge is 0.407 e. The molecule has 11 heteroatoms. The number of thiocarbonyl (C=S) groups is 3. The van der Waals surface area contributed by atoms with Gasteiger partial charge in [-0.1, -0.05) is 67.0 Å². The van der Waals surface area contributed by atoms with Crippen LogP contribution in [0.5, 0.6) is 0 Å². The summed E-state index contributed by atoms with van der Waals surface area (Å²) in [5, 5.41) is 11.1. The predicted octanol–water partition coefficient (Wildman–Crippen LogP) is 0.837. The van der Waals surface area contributed by atoms with Crippen LogP contribution in [0.15, 0.2) is 30.3 Å². The average Bonchev–Trinajstić information content (AvgIpc) is 2.72. The molecule has 0 unspecified atom stereocenters. The Hall–Kier alpha value is -2.37. The summed E-state index contributed by atoms with van der Waals surface area (Å²) in [5.74, 6) is -0.410. The normalized spacial score (nSPS) is 9.61. The van der Waals surface area contributed by atoms with E-state index in [2.05, 4.69) is 26.0 Å². The third-order valence-electron chi connectivity index (χ3n) is 3.16. The van der Waals surface area contributed by atoms with Crippen molar-refractivity contribution in [2.24, 2.45) is 0 Å². The van der Waals surface area contributed by atoms with Crippen LogP contribution in [0, 0.1) is 0 Å². The molecule has 0 aliphatic carbocycles. The van der Waals surface area contributed by atoms with Crippen molar-refractivity contribution in [1.82, 2.24) is 21.3 Å². The molecular weight excluding hydrogens is 420 g/mol. The molecule has 1 amide bonds. The van der Waals surface area contributed by atoms with E-state index in [4.69, 9.17) is 41.4 Å². The highest BCUT2D eigenvalue weighted by Gasteiger charge is 2.06. The van der Waals surface area contributed by atoms with Gasteiger partial charge in [-0.15, -0.1) is 0 Å². The maximum atomic E-state index is 11.7. The summed E-state index contributed by atoms with van der Waals surface area (Å²) in [6.07, 6.45) is -0.560. The van der Waals surface area contributed by atoms with E-state index in [9.17, 15) is 9.59 Å². The van der Waals surface area contributed by atoms with Crippen molar-refractivity contribution < 1.29 is 19.1 Å². The molecular formula is C17H22N4O4S3. The van der Waals surface area contributed by atoms with Gasteiger partial charge in [0.1, 0.15) is 13.2 Å². The van der Waals surface area contributed by atoms with Gasteiger partial charge >= 0.3 is 12.1 Å². The first-order valence-electron chi connectivity index (χ1n) is 8.22. The average molecular weight is 443 g/mol. The highest BCUT2D eigenvalue weighted by molar-refractivity contribution is 7.81. The van der Waals surface area contributed by atoms with Gasteiger partial charge in [-0.25, -0.2) is 4.79 Å². The minimum absolute atomic E-state index is 0.00183. The summed E-state index contributed by atoms with van der Waals surface area (Å²) in [6, 6.07) is 9.36. The molecule has 28 heavy (non-hydrogen) atoms. The Balaban J connectivity index is 2.11. The van der Waals surface area contributed by atoms with Crippen molar-refractivity contribution >= 4 is 63.7 Å². The molecule has 1 aromatic carbocycles. The van der Waals surface area contributed by atoms with Crippen LogP contribution in [0.25, 0.3) is 0 Å². The zero-order valence-corrected chi connectivity index (χ0v) is 17.7. The predicted molar refractivity (Wildman–Crippen MR) is 118 cm³/mol. The van der Waals surface area contributed by atoms with Crippen molar-refractivity contribution in [2.45, 2.75) is 6.61 Å². The number of ether oxygens (including phenoxy) is 2. The Labute approximate surface area is 179 Å². The summed E-state index contributed by atoms with van der Waals surface area (Å²) in [5.41, 5.74) is 0.897. The van der Waals surface area contributed by atoms with E-state index < -0.39 is 12.1 Å². The summed E-state index contributed by atoms with van der Waals surface area (Å²) >= 11 is 15.3. The fourth-order valence-corrected chi connectivity index (χ4v) is 2.15. The molecule has 0 saturated carbocycles. The third-order valence-corrected chi connectivity index (χ3v) is 4.02. The molecule has 0 radical (unpaired) electrons. The molecule has 0 fully saturated rings. The third kappa shape index (κ3) is 11.4. The number of carbonyl (C=O) groups excluding carboxylic acids is 2.